The monoisotopic (exact) mass is 504 g/mol. The van der Waals surface area contributed by atoms with E-state index in [1.165, 1.54) is 6.33 Å². The van der Waals surface area contributed by atoms with Crippen LogP contribution in [0.5, 0.6) is 11.5 Å². The van der Waals surface area contributed by atoms with Crippen LogP contribution in [0, 0.1) is 5.92 Å². The minimum Gasteiger partial charge on any atom is -0.493 e. The fourth-order valence-corrected chi connectivity index (χ4v) is 4.21. The molecular weight excluding hydrogens is 476 g/mol. The van der Waals surface area contributed by atoms with Crippen LogP contribution in [-0.4, -0.2) is 27.3 Å². The van der Waals surface area contributed by atoms with Crippen LogP contribution in [0.1, 0.15) is 38.8 Å². The van der Waals surface area contributed by atoms with Gasteiger partial charge in [0.2, 0.25) is 0 Å². The van der Waals surface area contributed by atoms with Crippen molar-refractivity contribution < 1.29 is 14.3 Å². The van der Waals surface area contributed by atoms with E-state index in [4.69, 9.17) is 21.1 Å². The maximum atomic E-state index is 11.9. The molecule has 8 heteroatoms. The third-order valence-corrected chi connectivity index (χ3v) is 6.15. The first-order valence-electron chi connectivity index (χ1n) is 12.0. The summed E-state index contributed by atoms with van der Waals surface area (Å²) in [7, 11) is 0. The number of carbonyl (C=O) groups excluding carboxylic acids is 1. The largest absolute Gasteiger partial charge is 0.493 e. The second-order valence-corrected chi connectivity index (χ2v) is 8.89. The normalized spacial score (nSPS) is 11.8. The van der Waals surface area contributed by atoms with E-state index < -0.39 is 0 Å². The fraction of sp³-hybridized carbons (Fsp3) is 0.286. The van der Waals surface area contributed by atoms with Gasteiger partial charge in [-0.1, -0.05) is 37.1 Å². The predicted octanol–water partition coefficient (Wildman–Crippen LogP) is 6.78. The second-order valence-electron chi connectivity index (χ2n) is 8.49. The molecule has 4 rings (SSSR count). The van der Waals surface area contributed by atoms with Gasteiger partial charge >= 0.3 is 0 Å². The lowest BCUT2D eigenvalue weighted by Crippen LogP contribution is -2.14. The van der Waals surface area contributed by atoms with E-state index in [1.807, 2.05) is 48.5 Å². The van der Waals surface area contributed by atoms with Crippen LogP contribution >= 0.6 is 11.6 Å². The highest BCUT2D eigenvalue weighted by Gasteiger charge is 2.15. The van der Waals surface area contributed by atoms with Gasteiger partial charge in [0.05, 0.1) is 28.2 Å². The fourth-order valence-electron chi connectivity index (χ4n) is 3.97. The molecule has 2 heterocycles. The van der Waals surface area contributed by atoms with E-state index in [1.54, 1.807) is 19.2 Å². The SMILES string of the molecule is CCCC(CCOc1cccc2ncnc(Nc3ccc(OCc4ccccn4)c(Cl)c3)c12)C(C)=O. The first-order chi connectivity index (χ1) is 17.5. The molecule has 186 valence electrons. The maximum absolute atomic E-state index is 11.9. The Balaban J connectivity index is 1.49. The Morgan fingerprint density at radius 3 is 2.64 bits per heavy atom. The summed E-state index contributed by atoms with van der Waals surface area (Å²) in [5.74, 6) is 2.05. The molecule has 1 atom stereocenters. The number of aromatic nitrogens is 3. The average molecular weight is 505 g/mol. The van der Waals surface area contributed by atoms with Gasteiger partial charge in [-0.2, -0.15) is 0 Å². The van der Waals surface area contributed by atoms with Crippen molar-refractivity contribution in [2.24, 2.45) is 5.92 Å². The van der Waals surface area contributed by atoms with Crippen molar-refractivity contribution in [3.05, 3.63) is 77.8 Å². The van der Waals surface area contributed by atoms with Crippen LogP contribution in [0.15, 0.2) is 67.1 Å². The summed E-state index contributed by atoms with van der Waals surface area (Å²) >= 11 is 6.49. The van der Waals surface area contributed by atoms with Gasteiger partial charge < -0.3 is 14.8 Å². The number of benzene rings is 2. The van der Waals surface area contributed by atoms with E-state index in [2.05, 4.69) is 27.2 Å². The molecule has 2 aromatic carbocycles. The molecule has 7 nitrogen and oxygen atoms in total. The molecule has 0 saturated heterocycles. The van der Waals surface area contributed by atoms with Crippen LogP contribution < -0.4 is 14.8 Å². The van der Waals surface area contributed by atoms with Gasteiger partial charge in [-0.3, -0.25) is 9.78 Å². The number of hydrogen-bond acceptors (Lipinski definition) is 7. The summed E-state index contributed by atoms with van der Waals surface area (Å²) in [5, 5.41) is 4.56. The summed E-state index contributed by atoms with van der Waals surface area (Å²) in [6.07, 6.45) is 5.74. The van der Waals surface area contributed by atoms with Gasteiger partial charge in [0, 0.05) is 17.8 Å². The number of hydrogen-bond donors (Lipinski definition) is 1. The Kier molecular flexibility index (Phi) is 8.68. The number of nitrogens with one attached hydrogen (secondary N) is 1. The third-order valence-electron chi connectivity index (χ3n) is 5.86. The molecule has 0 amide bonds. The van der Waals surface area contributed by atoms with E-state index in [0.29, 0.717) is 42.0 Å². The van der Waals surface area contributed by atoms with Crippen LogP contribution in [-0.2, 0) is 11.4 Å². The molecule has 0 bridgehead atoms. The molecule has 1 unspecified atom stereocenters. The van der Waals surface area contributed by atoms with Crippen LogP contribution in [0.25, 0.3) is 10.9 Å². The molecule has 0 aliphatic carbocycles. The Bertz CT molecular complexity index is 1310. The molecule has 2 aromatic heterocycles. The summed E-state index contributed by atoms with van der Waals surface area (Å²) in [6.45, 7) is 4.50. The van der Waals surface area contributed by atoms with E-state index in [-0.39, 0.29) is 11.7 Å². The van der Waals surface area contributed by atoms with Gasteiger partial charge in [0.1, 0.15) is 36.0 Å². The minimum atomic E-state index is 0.0133. The van der Waals surface area contributed by atoms with Gasteiger partial charge in [-0.25, -0.2) is 9.97 Å². The van der Waals surface area contributed by atoms with Crippen molar-refractivity contribution in [2.45, 2.75) is 39.7 Å². The molecule has 0 saturated carbocycles. The quantitative estimate of drug-likeness (QED) is 0.227. The molecule has 0 aliphatic rings. The number of ketones is 1. The summed E-state index contributed by atoms with van der Waals surface area (Å²) in [5.41, 5.74) is 2.32. The smallest absolute Gasteiger partial charge is 0.145 e. The first kappa shape index (κ1) is 25.4. The molecule has 36 heavy (non-hydrogen) atoms. The predicted molar refractivity (Wildman–Crippen MR) is 142 cm³/mol. The highest BCUT2D eigenvalue weighted by Crippen LogP contribution is 2.34. The number of rotatable bonds is 12. The number of Topliss-reactive ketones (excluding diaryl/α,β-unsaturated/α-hetero) is 1. The van der Waals surface area contributed by atoms with Gasteiger partial charge in [-0.05, 0) is 62.2 Å². The highest BCUT2D eigenvalue weighted by atomic mass is 35.5. The van der Waals surface area contributed by atoms with Crippen LogP contribution in [0.4, 0.5) is 11.5 Å². The second kappa shape index (κ2) is 12.3. The number of halogens is 1. The maximum Gasteiger partial charge on any atom is 0.145 e. The highest BCUT2D eigenvalue weighted by molar-refractivity contribution is 6.32. The van der Waals surface area contributed by atoms with Crippen molar-refractivity contribution in [3.63, 3.8) is 0 Å². The van der Waals surface area contributed by atoms with Gasteiger partial charge in [0.15, 0.2) is 0 Å². The summed E-state index contributed by atoms with van der Waals surface area (Å²) in [6, 6.07) is 16.8. The van der Waals surface area contributed by atoms with E-state index >= 15 is 0 Å². The van der Waals surface area contributed by atoms with Crippen molar-refractivity contribution in [1.29, 1.82) is 0 Å². The summed E-state index contributed by atoms with van der Waals surface area (Å²) < 4.78 is 11.9. The molecule has 0 radical (unpaired) electrons. The van der Waals surface area contributed by atoms with Gasteiger partial charge in [-0.15, -0.1) is 0 Å². The lowest BCUT2D eigenvalue weighted by molar-refractivity contribution is -0.121. The van der Waals surface area contributed by atoms with Crippen molar-refractivity contribution in [1.82, 2.24) is 15.0 Å². The number of pyridine rings is 1. The zero-order valence-corrected chi connectivity index (χ0v) is 21.2. The van der Waals surface area contributed by atoms with Gasteiger partial charge in [0.25, 0.3) is 0 Å². The number of fused-ring (bicyclic) bond motifs is 1. The lowest BCUT2D eigenvalue weighted by Gasteiger charge is -2.16. The third kappa shape index (κ3) is 6.49. The lowest BCUT2D eigenvalue weighted by atomic mass is 9.96. The molecule has 4 aromatic rings. The van der Waals surface area contributed by atoms with Crippen molar-refractivity contribution in [2.75, 3.05) is 11.9 Å². The van der Waals surface area contributed by atoms with Crippen molar-refractivity contribution >= 4 is 39.8 Å². The molecule has 0 aliphatic heterocycles. The van der Waals surface area contributed by atoms with Crippen molar-refractivity contribution in [3.8, 4) is 11.5 Å². The number of anilines is 2. The number of carbonyl (C=O) groups is 1. The average Bonchev–Trinajstić information content (AvgIpc) is 2.88. The Labute approximate surface area is 215 Å². The topological polar surface area (TPSA) is 86.2 Å². The van der Waals surface area contributed by atoms with E-state index in [9.17, 15) is 4.79 Å². The Hall–Kier alpha value is -3.71. The minimum absolute atomic E-state index is 0.0133. The molecule has 0 fully saturated rings. The molecule has 1 N–H and O–H groups in total. The Morgan fingerprint density at radius 1 is 1.00 bits per heavy atom. The standard InChI is InChI=1S/C28H29ClN4O3/c1-3-7-20(19(2)34)13-15-35-26-10-6-9-24-27(26)28(32-18-31-24)33-21-11-12-25(23(29)16-21)36-17-22-8-4-5-14-30-22/h4-6,8-12,14,16,18,20H,3,7,13,15,17H2,1-2H3,(H,31,32,33). The Morgan fingerprint density at radius 2 is 1.89 bits per heavy atom. The number of ether oxygens (including phenoxy) is 2. The zero-order valence-electron chi connectivity index (χ0n) is 20.4. The zero-order chi connectivity index (χ0) is 25.3. The summed E-state index contributed by atoms with van der Waals surface area (Å²) in [4.78, 5) is 25.0. The molecular formula is C28H29ClN4O3. The first-order valence-corrected chi connectivity index (χ1v) is 12.4. The van der Waals surface area contributed by atoms with Crippen LogP contribution in [0.3, 0.4) is 0 Å². The number of nitrogens with zero attached hydrogens (tertiary/aromatic N) is 3. The van der Waals surface area contributed by atoms with Crippen LogP contribution in [0.2, 0.25) is 5.02 Å². The molecule has 0 spiro atoms. The van der Waals surface area contributed by atoms with E-state index in [0.717, 1.165) is 35.1 Å².